The van der Waals surface area contributed by atoms with Gasteiger partial charge in [0, 0.05) is 36.0 Å². The first kappa shape index (κ1) is 23.6. The maximum absolute atomic E-state index is 13.1. The molecule has 0 fully saturated rings. The van der Waals surface area contributed by atoms with Gasteiger partial charge in [-0.05, 0) is 24.5 Å². The maximum atomic E-state index is 13.1. The summed E-state index contributed by atoms with van der Waals surface area (Å²) in [5.74, 6) is -1.20. The van der Waals surface area contributed by atoms with E-state index in [0.29, 0.717) is 0 Å². The fourth-order valence-electron chi connectivity index (χ4n) is 3.07. The first-order chi connectivity index (χ1) is 13.9. The van der Waals surface area contributed by atoms with Gasteiger partial charge in [-0.25, -0.2) is 4.79 Å². The first-order valence-electron chi connectivity index (χ1n) is 9.37. The van der Waals surface area contributed by atoms with Crippen LogP contribution in [0.4, 0.5) is 13.2 Å². The van der Waals surface area contributed by atoms with Gasteiger partial charge in [0.2, 0.25) is 0 Å². The van der Waals surface area contributed by atoms with Crippen molar-refractivity contribution in [3.63, 3.8) is 0 Å². The summed E-state index contributed by atoms with van der Waals surface area (Å²) in [6.45, 7) is 3.37. The van der Waals surface area contributed by atoms with Crippen LogP contribution >= 0.6 is 0 Å². The number of halogens is 3. The number of aliphatic carboxylic acids is 1. The number of nitrogens with zero attached hydrogens (tertiary/aromatic N) is 1. The van der Waals surface area contributed by atoms with E-state index in [2.05, 4.69) is 4.98 Å². The molecule has 0 radical (unpaired) electrons. The minimum Gasteiger partial charge on any atom is -0.489 e. The number of alkyl halides is 3. The number of carbonyl (C=O) groups is 1. The van der Waals surface area contributed by atoms with E-state index < -0.39 is 29.4 Å². The summed E-state index contributed by atoms with van der Waals surface area (Å²) < 4.78 is 44.8. The Morgan fingerprint density at radius 3 is 2.50 bits per heavy atom. The molecule has 0 bridgehead atoms. The molecule has 4 N–H and O–H groups in total. The maximum Gasteiger partial charge on any atom is 0.416 e. The lowest BCUT2D eigenvalue weighted by Gasteiger charge is -2.30. The molecule has 1 heterocycles. The molecule has 0 saturated carbocycles. The number of carboxylic acid groups (broad SMARTS) is 1. The quantitative estimate of drug-likeness (QED) is 0.568. The van der Waals surface area contributed by atoms with Crippen LogP contribution in [0.15, 0.2) is 42.6 Å². The van der Waals surface area contributed by atoms with E-state index in [9.17, 15) is 28.2 Å². The van der Waals surface area contributed by atoms with E-state index in [0.717, 1.165) is 6.07 Å². The van der Waals surface area contributed by atoms with Crippen molar-refractivity contribution < 1.29 is 32.9 Å². The molecule has 0 spiro atoms. The molecule has 0 saturated heterocycles. The Kier molecular flexibility index (Phi) is 7.44. The van der Waals surface area contributed by atoms with Crippen LogP contribution in [-0.2, 0) is 24.0 Å². The monoisotopic (exact) mass is 426 g/mol. The van der Waals surface area contributed by atoms with Crippen molar-refractivity contribution in [3.8, 4) is 5.75 Å². The summed E-state index contributed by atoms with van der Waals surface area (Å²) in [4.78, 5) is 15.7. The number of aliphatic hydroxyl groups is 1. The number of ether oxygens (including phenoxy) is 1. The number of hydrogen-bond acceptors (Lipinski definition) is 5. The molecule has 1 aromatic carbocycles. The predicted octanol–water partition coefficient (Wildman–Crippen LogP) is 3.41. The number of carboxylic acids is 1. The van der Waals surface area contributed by atoms with Crippen molar-refractivity contribution in [2.24, 2.45) is 11.7 Å². The standard InChI is InChI=1S/C21H25F3N2O4/c1-13(2)9-18(25)20(29,19(27)28)11-15-10-16(7-8-26-15)30-12-14-5-3-4-6-17(14)21(22,23)24/h3-8,10,13,18,29H,9,11-12,25H2,1-2H3,(H,27,28)/t18-,20+/m0/s1. The summed E-state index contributed by atoms with van der Waals surface area (Å²) in [7, 11) is 0. The third kappa shape index (κ3) is 5.93. The van der Waals surface area contributed by atoms with Gasteiger partial charge < -0.3 is 20.7 Å². The van der Waals surface area contributed by atoms with Crippen molar-refractivity contribution in [1.29, 1.82) is 0 Å². The van der Waals surface area contributed by atoms with E-state index in [1.165, 1.54) is 36.5 Å². The predicted molar refractivity (Wildman–Crippen MR) is 104 cm³/mol. The van der Waals surface area contributed by atoms with Crippen LogP contribution in [0.3, 0.4) is 0 Å². The van der Waals surface area contributed by atoms with Crippen molar-refractivity contribution in [1.82, 2.24) is 4.98 Å². The second-order valence-electron chi connectivity index (χ2n) is 7.57. The zero-order chi connectivity index (χ0) is 22.5. The molecule has 30 heavy (non-hydrogen) atoms. The molecular weight excluding hydrogens is 401 g/mol. The van der Waals surface area contributed by atoms with Gasteiger partial charge in [-0.3, -0.25) is 4.98 Å². The smallest absolute Gasteiger partial charge is 0.416 e. The van der Waals surface area contributed by atoms with Crippen LogP contribution in [-0.4, -0.2) is 32.8 Å². The summed E-state index contributed by atoms with van der Waals surface area (Å²) in [6, 6.07) is 6.86. The molecule has 9 heteroatoms. The average Bonchev–Trinajstić information content (AvgIpc) is 2.65. The minimum atomic E-state index is -4.51. The van der Waals surface area contributed by atoms with Gasteiger partial charge in [-0.15, -0.1) is 0 Å². The van der Waals surface area contributed by atoms with Gasteiger partial charge in [0.1, 0.15) is 12.4 Å². The zero-order valence-corrected chi connectivity index (χ0v) is 16.7. The number of rotatable bonds is 9. The Balaban J connectivity index is 2.18. The van der Waals surface area contributed by atoms with E-state index in [4.69, 9.17) is 10.5 Å². The summed E-state index contributed by atoms with van der Waals surface area (Å²) >= 11 is 0. The fraction of sp³-hybridized carbons (Fsp3) is 0.429. The van der Waals surface area contributed by atoms with Gasteiger partial charge in [0.15, 0.2) is 5.60 Å². The highest BCUT2D eigenvalue weighted by molar-refractivity contribution is 5.78. The van der Waals surface area contributed by atoms with Gasteiger partial charge in [-0.2, -0.15) is 13.2 Å². The van der Waals surface area contributed by atoms with Crippen LogP contribution in [0.2, 0.25) is 0 Å². The molecule has 164 valence electrons. The lowest BCUT2D eigenvalue weighted by atomic mass is 9.84. The number of hydrogen-bond donors (Lipinski definition) is 3. The molecule has 2 rings (SSSR count). The van der Waals surface area contributed by atoms with Crippen LogP contribution in [0.5, 0.6) is 5.75 Å². The lowest BCUT2D eigenvalue weighted by Crippen LogP contribution is -2.56. The van der Waals surface area contributed by atoms with E-state index in [1.54, 1.807) is 0 Å². The second-order valence-corrected chi connectivity index (χ2v) is 7.57. The first-order valence-corrected chi connectivity index (χ1v) is 9.37. The molecular formula is C21H25F3N2O4. The SMILES string of the molecule is CC(C)C[C@H](N)[C@](O)(Cc1cc(OCc2ccccc2C(F)(F)F)ccn1)C(=O)O. The van der Waals surface area contributed by atoms with Crippen LogP contribution in [0.25, 0.3) is 0 Å². The van der Waals surface area contributed by atoms with Crippen LogP contribution in [0.1, 0.15) is 37.1 Å². The highest BCUT2D eigenvalue weighted by Crippen LogP contribution is 2.32. The van der Waals surface area contributed by atoms with Gasteiger partial charge in [0.25, 0.3) is 0 Å². The van der Waals surface area contributed by atoms with E-state index >= 15 is 0 Å². The molecule has 6 nitrogen and oxygen atoms in total. The van der Waals surface area contributed by atoms with Crippen LogP contribution in [0, 0.1) is 5.92 Å². The molecule has 0 aliphatic rings. The molecule has 0 aliphatic carbocycles. The number of nitrogens with two attached hydrogens (primary N) is 1. The van der Waals surface area contributed by atoms with Crippen molar-refractivity contribution >= 4 is 5.97 Å². The van der Waals surface area contributed by atoms with Gasteiger partial charge in [0.05, 0.1) is 5.56 Å². The number of benzene rings is 1. The molecule has 2 atom stereocenters. The Morgan fingerprint density at radius 2 is 1.90 bits per heavy atom. The van der Waals surface area contributed by atoms with E-state index in [1.807, 2.05) is 13.8 Å². The molecule has 1 aromatic heterocycles. The third-order valence-corrected chi connectivity index (χ3v) is 4.66. The van der Waals surface area contributed by atoms with Gasteiger partial charge >= 0.3 is 12.1 Å². The normalized spacial score (nSPS) is 14.9. The Morgan fingerprint density at radius 1 is 1.23 bits per heavy atom. The second kappa shape index (κ2) is 9.44. The zero-order valence-electron chi connectivity index (χ0n) is 16.7. The van der Waals surface area contributed by atoms with Crippen molar-refractivity contribution in [2.45, 2.75) is 51.1 Å². The molecule has 2 aromatic rings. The van der Waals surface area contributed by atoms with Gasteiger partial charge in [-0.1, -0.05) is 32.0 Å². The van der Waals surface area contributed by atoms with Crippen molar-refractivity contribution in [3.05, 3.63) is 59.4 Å². The number of pyridine rings is 1. The average molecular weight is 426 g/mol. The number of aromatic nitrogens is 1. The Hall–Kier alpha value is -2.65. The molecule has 0 aliphatic heterocycles. The molecule has 0 unspecified atom stereocenters. The third-order valence-electron chi connectivity index (χ3n) is 4.66. The summed E-state index contributed by atoms with van der Waals surface area (Å²) in [5.41, 5.74) is 3.06. The Labute approximate surface area is 172 Å². The topological polar surface area (TPSA) is 106 Å². The lowest BCUT2D eigenvalue weighted by molar-refractivity contribution is -0.161. The van der Waals surface area contributed by atoms with Crippen molar-refractivity contribution in [2.75, 3.05) is 0 Å². The van der Waals surface area contributed by atoms with Crippen LogP contribution < -0.4 is 10.5 Å². The summed E-state index contributed by atoms with van der Waals surface area (Å²) in [5, 5.41) is 20.2. The molecule has 0 amide bonds. The minimum absolute atomic E-state index is 0.0376. The fourth-order valence-corrected chi connectivity index (χ4v) is 3.07. The largest absolute Gasteiger partial charge is 0.489 e. The van der Waals surface area contributed by atoms with E-state index in [-0.39, 0.29) is 42.4 Å². The summed E-state index contributed by atoms with van der Waals surface area (Å²) in [6.07, 6.45) is -3.26. The highest BCUT2D eigenvalue weighted by atomic mass is 19.4. The highest BCUT2D eigenvalue weighted by Gasteiger charge is 2.43. The Bertz CT molecular complexity index is 873.